The standard InChI is InChI=1S/C12H14O2.C2H6.CH4O/c13-8-11-6-12(7-11)14-9-10-4-2-1-3-5-10;2*1-2/h1-5,8,11-12H,6-7,9H2;1-2H3;2H,1H3. The Kier molecular flexibility index (Phi) is 10.2. The summed E-state index contributed by atoms with van der Waals surface area (Å²) >= 11 is 0. The fourth-order valence-electron chi connectivity index (χ4n) is 1.64. The van der Waals surface area contributed by atoms with Gasteiger partial charge < -0.3 is 14.6 Å². The van der Waals surface area contributed by atoms with Gasteiger partial charge in [0.2, 0.25) is 0 Å². The highest BCUT2D eigenvalue weighted by Crippen LogP contribution is 2.28. The van der Waals surface area contributed by atoms with Crippen molar-refractivity contribution in [3.63, 3.8) is 0 Å². The summed E-state index contributed by atoms with van der Waals surface area (Å²) in [6.45, 7) is 4.66. The highest BCUT2D eigenvalue weighted by atomic mass is 16.5. The van der Waals surface area contributed by atoms with Gasteiger partial charge >= 0.3 is 0 Å². The van der Waals surface area contributed by atoms with E-state index in [0.717, 1.165) is 26.2 Å². The molecule has 3 nitrogen and oxygen atoms in total. The number of carbonyl (C=O) groups is 1. The predicted molar refractivity (Wildman–Crippen MR) is 73.3 cm³/mol. The topological polar surface area (TPSA) is 46.5 Å². The Morgan fingerprint density at radius 3 is 2.28 bits per heavy atom. The minimum absolute atomic E-state index is 0.246. The second kappa shape index (κ2) is 10.9. The van der Waals surface area contributed by atoms with Crippen LogP contribution in [0.3, 0.4) is 0 Å². The summed E-state index contributed by atoms with van der Waals surface area (Å²) < 4.78 is 5.64. The third-order valence-corrected chi connectivity index (χ3v) is 2.65. The molecule has 2 rings (SSSR count). The van der Waals surface area contributed by atoms with Crippen LogP contribution >= 0.6 is 0 Å². The van der Waals surface area contributed by atoms with Crippen LogP contribution < -0.4 is 0 Å². The molecule has 1 saturated carbocycles. The zero-order chi connectivity index (χ0) is 13.8. The van der Waals surface area contributed by atoms with E-state index in [1.165, 1.54) is 5.56 Å². The van der Waals surface area contributed by atoms with Crippen LogP contribution in [-0.4, -0.2) is 24.6 Å². The molecule has 0 aromatic heterocycles. The number of hydrogen-bond donors (Lipinski definition) is 1. The average Bonchev–Trinajstić information content (AvgIpc) is 2.43. The van der Waals surface area contributed by atoms with E-state index in [4.69, 9.17) is 9.84 Å². The average molecular weight is 252 g/mol. The lowest BCUT2D eigenvalue weighted by Crippen LogP contribution is -2.31. The van der Waals surface area contributed by atoms with Gasteiger partial charge in [0.1, 0.15) is 6.29 Å². The zero-order valence-electron chi connectivity index (χ0n) is 11.5. The monoisotopic (exact) mass is 252 g/mol. The number of rotatable bonds is 4. The Morgan fingerprint density at radius 2 is 1.78 bits per heavy atom. The lowest BCUT2D eigenvalue weighted by molar-refractivity contribution is -0.120. The van der Waals surface area contributed by atoms with Crippen LogP contribution in [0, 0.1) is 5.92 Å². The largest absolute Gasteiger partial charge is 0.400 e. The van der Waals surface area contributed by atoms with E-state index in [-0.39, 0.29) is 5.92 Å². The molecule has 0 unspecified atom stereocenters. The summed E-state index contributed by atoms with van der Waals surface area (Å²) in [5.41, 5.74) is 1.20. The Morgan fingerprint density at radius 1 is 1.22 bits per heavy atom. The molecule has 102 valence electrons. The van der Waals surface area contributed by atoms with Gasteiger partial charge in [-0.15, -0.1) is 0 Å². The van der Waals surface area contributed by atoms with Gasteiger partial charge in [0.15, 0.2) is 0 Å². The van der Waals surface area contributed by atoms with Crippen LogP contribution in [0.5, 0.6) is 0 Å². The summed E-state index contributed by atoms with van der Waals surface area (Å²) in [7, 11) is 1.00. The molecule has 0 radical (unpaired) electrons. The molecule has 1 aromatic carbocycles. The molecule has 1 aliphatic rings. The zero-order valence-corrected chi connectivity index (χ0v) is 11.5. The SMILES string of the molecule is CC.CO.O=CC1CC(OCc2ccccc2)C1. The molecular weight excluding hydrogens is 228 g/mol. The fourth-order valence-corrected chi connectivity index (χ4v) is 1.64. The first kappa shape index (κ1) is 16.8. The highest BCUT2D eigenvalue weighted by molar-refractivity contribution is 5.55. The van der Waals surface area contributed by atoms with Crippen molar-refractivity contribution in [3.05, 3.63) is 35.9 Å². The van der Waals surface area contributed by atoms with Crippen molar-refractivity contribution in [1.82, 2.24) is 0 Å². The molecule has 0 saturated heterocycles. The lowest BCUT2D eigenvalue weighted by Gasteiger charge is -2.31. The first-order valence-corrected chi connectivity index (χ1v) is 6.44. The number of aldehydes is 1. The molecule has 0 amide bonds. The van der Waals surface area contributed by atoms with Gasteiger partial charge in [0, 0.05) is 13.0 Å². The number of ether oxygens (including phenoxy) is 1. The Hall–Kier alpha value is -1.19. The van der Waals surface area contributed by atoms with Crippen LogP contribution in [0.1, 0.15) is 32.3 Å². The summed E-state index contributed by atoms with van der Waals surface area (Å²) in [6, 6.07) is 10.1. The van der Waals surface area contributed by atoms with Crippen LogP contribution in [0.2, 0.25) is 0 Å². The second-order valence-corrected chi connectivity index (χ2v) is 3.79. The number of carbonyl (C=O) groups excluding carboxylic acids is 1. The maximum Gasteiger partial charge on any atom is 0.123 e. The second-order valence-electron chi connectivity index (χ2n) is 3.79. The minimum atomic E-state index is 0.246. The maximum absolute atomic E-state index is 10.4. The molecule has 1 aliphatic carbocycles. The van der Waals surface area contributed by atoms with Crippen molar-refractivity contribution >= 4 is 6.29 Å². The van der Waals surface area contributed by atoms with E-state index < -0.39 is 0 Å². The molecule has 0 aliphatic heterocycles. The van der Waals surface area contributed by atoms with Gasteiger partial charge in [-0.3, -0.25) is 0 Å². The van der Waals surface area contributed by atoms with Crippen LogP contribution in [0.15, 0.2) is 30.3 Å². The maximum atomic E-state index is 10.4. The molecule has 1 fully saturated rings. The van der Waals surface area contributed by atoms with E-state index in [1.54, 1.807) is 0 Å². The molecule has 1 N–H and O–H groups in total. The highest BCUT2D eigenvalue weighted by Gasteiger charge is 2.29. The van der Waals surface area contributed by atoms with Crippen LogP contribution in [0.25, 0.3) is 0 Å². The number of hydrogen-bond acceptors (Lipinski definition) is 3. The van der Waals surface area contributed by atoms with Gasteiger partial charge in [-0.05, 0) is 18.4 Å². The minimum Gasteiger partial charge on any atom is -0.400 e. The van der Waals surface area contributed by atoms with E-state index in [9.17, 15) is 4.79 Å². The third kappa shape index (κ3) is 5.94. The third-order valence-electron chi connectivity index (χ3n) is 2.65. The molecule has 1 aromatic rings. The van der Waals surface area contributed by atoms with Gasteiger partial charge in [-0.1, -0.05) is 44.2 Å². The van der Waals surface area contributed by atoms with Crippen molar-refractivity contribution in [2.24, 2.45) is 5.92 Å². The normalized spacial score (nSPS) is 20.4. The quantitative estimate of drug-likeness (QED) is 0.838. The Labute approximate surface area is 110 Å². The van der Waals surface area contributed by atoms with Gasteiger partial charge in [0.25, 0.3) is 0 Å². The van der Waals surface area contributed by atoms with E-state index in [0.29, 0.717) is 12.7 Å². The van der Waals surface area contributed by atoms with Crippen molar-refractivity contribution in [3.8, 4) is 0 Å². The summed E-state index contributed by atoms with van der Waals surface area (Å²) in [6.07, 6.45) is 3.13. The molecule has 0 bridgehead atoms. The predicted octanol–water partition coefficient (Wildman–Crippen LogP) is 2.82. The van der Waals surface area contributed by atoms with E-state index in [1.807, 2.05) is 32.0 Å². The molecule has 18 heavy (non-hydrogen) atoms. The lowest BCUT2D eigenvalue weighted by atomic mass is 9.83. The van der Waals surface area contributed by atoms with Crippen LogP contribution in [0.4, 0.5) is 0 Å². The Bertz CT molecular complexity index is 292. The molecule has 0 atom stereocenters. The van der Waals surface area contributed by atoms with Crippen LogP contribution in [-0.2, 0) is 16.1 Å². The van der Waals surface area contributed by atoms with Crippen molar-refractivity contribution in [2.45, 2.75) is 39.4 Å². The van der Waals surface area contributed by atoms with E-state index >= 15 is 0 Å². The van der Waals surface area contributed by atoms with Gasteiger partial charge in [-0.25, -0.2) is 0 Å². The summed E-state index contributed by atoms with van der Waals surface area (Å²) in [5, 5.41) is 7.00. The molecule has 0 spiro atoms. The van der Waals surface area contributed by atoms with Crippen molar-refractivity contribution < 1.29 is 14.6 Å². The smallest absolute Gasteiger partial charge is 0.123 e. The first-order chi connectivity index (χ1) is 8.88. The fraction of sp³-hybridized carbons (Fsp3) is 0.533. The van der Waals surface area contributed by atoms with E-state index in [2.05, 4.69) is 12.1 Å². The van der Waals surface area contributed by atoms with Gasteiger partial charge in [-0.2, -0.15) is 0 Å². The van der Waals surface area contributed by atoms with Crippen molar-refractivity contribution in [2.75, 3.05) is 7.11 Å². The summed E-state index contributed by atoms with van der Waals surface area (Å²) in [4.78, 5) is 10.4. The molecular formula is C15H24O3. The summed E-state index contributed by atoms with van der Waals surface area (Å²) in [5.74, 6) is 0.246. The number of aliphatic hydroxyl groups excluding tert-OH is 1. The first-order valence-electron chi connectivity index (χ1n) is 6.44. The number of benzene rings is 1. The molecule has 0 heterocycles. The Balaban J connectivity index is 0.000000659. The molecule has 3 heteroatoms. The van der Waals surface area contributed by atoms with Gasteiger partial charge in [0.05, 0.1) is 12.7 Å². The van der Waals surface area contributed by atoms with Crippen molar-refractivity contribution in [1.29, 1.82) is 0 Å². The number of aliphatic hydroxyl groups is 1.